The van der Waals surface area contributed by atoms with Gasteiger partial charge in [-0.25, -0.2) is 0 Å². The fraction of sp³-hybridized carbons (Fsp3) is 0.136. The normalized spacial score (nSPS) is 11.1. The Morgan fingerprint density at radius 3 is 2.18 bits per heavy atom. The number of alkyl halides is 3. The summed E-state index contributed by atoms with van der Waals surface area (Å²) in [5, 5.41) is 5.79. The first-order chi connectivity index (χ1) is 13.4. The van der Waals surface area contributed by atoms with E-state index < -0.39 is 11.7 Å². The topological polar surface area (TPSA) is 41.1 Å². The molecule has 6 heteroatoms. The molecule has 0 aliphatic heterocycles. The summed E-state index contributed by atoms with van der Waals surface area (Å²) in [7, 11) is 0. The van der Waals surface area contributed by atoms with Gasteiger partial charge in [0, 0.05) is 18.8 Å². The molecule has 0 saturated carbocycles. The Balaban J connectivity index is 1.72. The Morgan fingerprint density at radius 2 is 1.43 bits per heavy atom. The van der Waals surface area contributed by atoms with E-state index in [1.807, 2.05) is 30.3 Å². The zero-order valence-corrected chi connectivity index (χ0v) is 15.0. The minimum atomic E-state index is -4.43. The maximum atomic E-state index is 13.2. The van der Waals surface area contributed by atoms with Gasteiger partial charge in [-0.15, -0.1) is 0 Å². The molecule has 0 heterocycles. The van der Waals surface area contributed by atoms with Crippen molar-refractivity contribution in [2.75, 3.05) is 5.32 Å². The second kappa shape index (κ2) is 8.61. The van der Waals surface area contributed by atoms with E-state index in [2.05, 4.69) is 10.6 Å². The lowest BCUT2D eigenvalue weighted by Gasteiger charge is -2.16. The maximum absolute atomic E-state index is 13.2. The molecule has 3 aromatic rings. The van der Waals surface area contributed by atoms with E-state index >= 15 is 0 Å². The number of carbonyl (C=O) groups excluding carboxylic acids is 1. The van der Waals surface area contributed by atoms with Crippen LogP contribution in [-0.4, -0.2) is 5.91 Å². The molecular weight excluding hydrogens is 365 g/mol. The third kappa shape index (κ3) is 4.91. The highest BCUT2D eigenvalue weighted by molar-refractivity contribution is 5.99. The maximum Gasteiger partial charge on any atom is 0.416 e. The van der Waals surface area contributed by atoms with Crippen LogP contribution in [0.5, 0.6) is 0 Å². The number of para-hydroxylation sites is 1. The summed E-state index contributed by atoms with van der Waals surface area (Å²) in [6.07, 6.45) is -4.43. The molecule has 0 aliphatic carbocycles. The second-order valence-corrected chi connectivity index (χ2v) is 6.22. The predicted octanol–water partition coefficient (Wildman–Crippen LogP) is 5.25. The van der Waals surface area contributed by atoms with Crippen LogP contribution >= 0.6 is 0 Å². The number of nitrogens with one attached hydrogen (secondary N) is 2. The van der Waals surface area contributed by atoms with Crippen LogP contribution in [0.2, 0.25) is 0 Å². The van der Waals surface area contributed by atoms with Gasteiger partial charge in [-0.05, 0) is 29.3 Å². The minimum absolute atomic E-state index is 0.0430. The van der Waals surface area contributed by atoms with Crippen LogP contribution in [0.3, 0.4) is 0 Å². The van der Waals surface area contributed by atoms with Crippen molar-refractivity contribution in [1.29, 1.82) is 0 Å². The molecule has 3 nitrogen and oxygen atoms in total. The summed E-state index contributed by atoms with van der Waals surface area (Å²) >= 11 is 0. The summed E-state index contributed by atoms with van der Waals surface area (Å²) in [6, 6.07) is 21.6. The van der Waals surface area contributed by atoms with Gasteiger partial charge in [-0.2, -0.15) is 13.2 Å². The van der Waals surface area contributed by atoms with Crippen molar-refractivity contribution in [3.63, 3.8) is 0 Å². The van der Waals surface area contributed by atoms with E-state index in [-0.39, 0.29) is 18.0 Å². The van der Waals surface area contributed by atoms with E-state index in [0.29, 0.717) is 17.8 Å². The van der Waals surface area contributed by atoms with Gasteiger partial charge in [-0.1, -0.05) is 60.7 Å². The van der Waals surface area contributed by atoms with Crippen LogP contribution in [-0.2, 0) is 19.3 Å². The summed E-state index contributed by atoms with van der Waals surface area (Å²) in [6.45, 7) is 0.323. The first-order valence-corrected chi connectivity index (χ1v) is 8.75. The van der Waals surface area contributed by atoms with Gasteiger partial charge in [-0.3, -0.25) is 4.79 Å². The Morgan fingerprint density at radius 1 is 0.786 bits per heavy atom. The van der Waals surface area contributed by atoms with Crippen LogP contribution in [0.15, 0.2) is 78.9 Å². The second-order valence-electron chi connectivity index (χ2n) is 6.22. The lowest BCUT2D eigenvalue weighted by Crippen LogP contribution is -2.24. The van der Waals surface area contributed by atoms with Gasteiger partial charge in [0.15, 0.2) is 0 Å². The predicted molar refractivity (Wildman–Crippen MR) is 103 cm³/mol. The molecule has 0 unspecified atom stereocenters. The zero-order valence-electron chi connectivity index (χ0n) is 15.0. The smallest absolute Gasteiger partial charge is 0.380 e. The number of halogens is 3. The molecule has 1 amide bonds. The molecule has 0 spiro atoms. The number of hydrogen-bond acceptors (Lipinski definition) is 2. The SMILES string of the molecule is O=C(NCc1ccccc1)c1ccccc1NCc1ccccc1C(F)(F)F. The molecule has 0 atom stereocenters. The Hall–Kier alpha value is -3.28. The van der Waals surface area contributed by atoms with Gasteiger partial charge in [0.1, 0.15) is 0 Å². The van der Waals surface area contributed by atoms with Crippen molar-refractivity contribution in [1.82, 2.24) is 5.32 Å². The fourth-order valence-corrected chi connectivity index (χ4v) is 2.85. The van der Waals surface area contributed by atoms with Gasteiger partial charge in [0.05, 0.1) is 11.1 Å². The average molecular weight is 384 g/mol. The number of amides is 1. The Kier molecular flexibility index (Phi) is 5.99. The van der Waals surface area contributed by atoms with Crippen LogP contribution < -0.4 is 10.6 Å². The molecule has 144 valence electrons. The lowest BCUT2D eigenvalue weighted by molar-refractivity contribution is -0.138. The first kappa shape index (κ1) is 19.5. The van der Waals surface area contributed by atoms with Crippen molar-refractivity contribution >= 4 is 11.6 Å². The Labute approximate surface area is 161 Å². The van der Waals surface area contributed by atoms with Crippen molar-refractivity contribution in [3.05, 3.63) is 101 Å². The molecule has 0 saturated heterocycles. The summed E-state index contributed by atoms with van der Waals surface area (Å²) in [5.41, 5.74) is 1.25. The average Bonchev–Trinajstić information content (AvgIpc) is 2.71. The molecule has 28 heavy (non-hydrogen) atoms. The highest BCUT2D eigenvalue weighted by Crippen LogP contribution is 2.32. The van der Waals surface area contributed by atoms with Crippen LogP contribution in [0.4, 0.5) is 18.9 Å². The molecule has 2 N–H and O–H groups in total. The van der Waals surface area contributed by atoms with E-state index in [1.54, 1.807) is 30.3 Å². The van der Waals surface area contributed by atoms with E-state index in [9.17, 15) is 18.0 Å². The first-order valence-electron chi connectivity index (χ1n) is 8.75. The largest absolute Gasteiger partial charge is 0.416 e. The van der Waals surface area contributed by atoms with Crippen molar-refractivity contribution in [2.24, 2.45) is 0 Å². The fourth-order valence-electron chi connectivity index (χ4n) is 2.85. The van der Waals surface area contributed by atoms with Crippen LogP contribution in [0, 0.1) is 0 Å². The van der Waals surface area contributed by atoms with Crippen molar-refractivity contribution in [3.8, 4) is 0 Å². The van der Waals surface area contributed by atoms with E-state index in [1.165, 1.54) is 12.1 Å². The minimum Gasteiger partial charge on any atom is -0.380 e. The summed E-state index contributed by atoms with van der Waals surface area (Å²) < 4.78 is 39.5. The molecule has 3 aromatic carbocycles. The third-order valence-corrected chi connectivity index (χ3v) is 4.26. The van der Waals surface area contributed by atoms with Gasteiger partial charge in [0.2, 0.25) is 0 Å². The van der Waals surface area contributed by atoms with Crippen molar-refractivity contribution < 1.29 is 18.0 Å². The van der Waals surface area contributed by atoms with Gasteiger partial charge in [0.25, 0.3) is 5.91 Å². The number of anilines is 1. The molecule has 0 radical (unpaired) electrons. The molecule has 0 bridgehead atoms. The van der Waals surface area contributed by atoms with Crippen LogP contribution in [0.1, 0.15) is 27.0 Å². The summed E-state index contributed by atoms with van der Waals surface area (Å²) in [5.74, 6) is -0.295. The molecule has 0 aliphatic rings. The highest BCUT2D eigenvalue weighted by atomic mass is 19.4. The number of hydrogen-bond donors (Lipinski definition) is 2. The number of carbonyl (C=O) groups is 1. The van der Waals surface area contributed by atoms with Gasteiger partial charge < -0.3 is 10.6 Å². The molecular formula is C22H19F3N2O. The quantitative estimate of drug-likeness (QED) is 0.610. The van der Waals surface area contributed by atoms with E-state index in [4.69, 9.17) is 0 Å². The lowest BCUT2D eigenvalue weighted by atomic mass is 10.1. The molecule has 0 fully saturated rings. The third-order valence-electron chi connectivity index (χ3n) is 4.26. The summed E-state index contributed by atoms with van der Waals surface area (Å²) in [4.78, 5) is 12.5. The number of rotatable bonds is 6. The monoisotopic (exact) mass is 384 g/mol. The van der Waals surface area contributed by atoms with Crippen LogP contribution in [0.25, 0.3) is 0 Å². The highest BCUT2D eigenvalue weighted by Gasteiger charge is 2.32. The van der Waals surface area contributed by atoms with Crippen molar-refractivity contribution in [2.45, 2.75) is 19.3 Å². The molecule has 0 aromatic heterocycles. The molecule has 3 rings (SSSR count). The van der Waals surface area contributed by atoms with E-state index in [0.717, 1.165) is 11.6 Å². The standard InChI is InChI=1S/C22H19F3N2O/c23-22(24,25)19-12-6-4-10-17(19)15-26-20-13-7-5-11-18(20)21(28)27-14-16-8-2-1-3-9-16/h1-13,26H,14-15H2,(H,27,28). The van der Waals surface area contributed by atoms with Gasteiger partial charge >= 0.3 is 6.18 Å². The Bertz CT molecular complexity index is 940. The zero-order chi connectivity index (χ0) is 20.0. The number of benzene rings is 3.